The normalized spacial score (nSPS) is 11.1. The van der Waals surface area contributed by atoms with E-state index >= 15 is 0 Å². The van der Waals surface area contributed by atoms with Crippen molar-refractivity contribution in [2.45, 2.75) is 33.2 Å². The molecular formula is C11H18BrNS. The van der Waals surface area contributed by atoms with Gasteiger partial charge in [-0.1, -0.05) is 20.3 Å². The molecule has 0 saturated heterocycles. The summed E-state index contributed by atoms with van der Waals surface area (Å²) in [5.74, 6) is 0. The molecule has 0 fully saturated rings. The van der Waals surface area contributed by atoms with Crippen LogP contribution in [-0.4, -0.2) is 18.0 Å². The average molecular weight is 276 g/mol. The molecule has 1 nitrogen and oxygen atoms in total. The van der Waals surface area contributed by atoms with Crippen molar-refractivity contribution in [2.75, 3.05) is 13.1 Å². The topological polar surface area (TPSA) is 3.24 Å². The minimum absolute atomic E-state index is 1.10. The second-order valence-corrected chi connectivity index (χ2v) is 5.98. The number of thiophene rings is 1. The van der Waals surface area contributed by atoms with Crippen LogP contribution < -0.4 is 0 Å². The number of hydrogen-bond donors (Lipinski definition) is 0. The summed E-state index contributed by atoms with van der Waals surface area (Å²) in [6, 6.07) is 4.34. The number of hydrogen-bond acceptors (Lipinski definition) is 2. The van der Waals surface area contributed by atoms with Crippen LogP contribution in [-0.2, 0) is 6.54 Å². The number of rotatable bonds is 6. The van der Waals surface area contributed by atoms with E-state index in [-0.39, 0.29) is 0 Å². The van der Waals surface area contributed by atoms with Crippen molar-refractivity contribution >= 4 is 27.3 Å². The second-order valence-electron chi connectivity index (χ2n) is 3.43. The van der Waals surface area contributed by atoms with Crippen LogP contribution in [0.1, 0.15) is 31.6 Å². The van der Waals surface area contributed by atoms with Crippen LogP contribution >= 0.6 is 27.3 Å². The fourth-order valence-electron chi connectivity index (χ4n) is 1.39. The van der Waals surface area contributed by atoms with E-state index in [0.717, 1.165) is 13.1 Å². The zero-order chi connectivity index (χ0) is 10.4. The number of halogens is 1. The fraction of sp³-hybridized carbons (Fsp3) is 0.636. The second kappa shape index (κ2) is 6.59. The minimum Gasteiger partial charge on any atom is -0.299 e. The molecule has 1 aromatic heterocycles. The molecule has 0 aromatic carbocycles. The van der Waals surface area contributed by atoms with E-state index in [0.29, 0.717) is 0 Å². The molecule has 14 heavy (non-hydrogen) atoms. The van der Waals surface area contributed by atoms with E-state index in [4.69, 9.17) is 0 Å². The third-order valence-electron chi connectivity index (χ3n) is 2.28. The molecule has 0 aliphatic carbocycles. The van der Waals surface area contributed by atoms with Gasteiger partial charge >= 0.3 is 0 Å². The first-order chi connectivity index (χ1) is 6.76. The van der Waals surface area contributed by atoms with Gasteiger partial charge in [-0.15, -0.1) is 11.3 Å². The smallest absolute Gasteiger partial charge is 0.0701 e. The predicted molar refractivity (Wildman–Crippen MR) is 67.9 cm³/mol. The van der Waals surface area contributed by atoms with Crippen molar-refractivity contribution in [1.82, 2.24) is 4.90 Å². The molecule has 0 atom stereocenters. The maximum atomic E-state index is 3.50. The summed E-state index contributed by atoms with van der Waals surface area (Å²) in [7, 11) is 0. The Bertz CT molecular complexity index is 260. The first kappa shape index (κ1) is 12.2. The molecule has 1 heterocycles. The molecule has 0 radical (unpaired) electrons. The zero-order valence-electron chi connectivity index (χ0n) is 8.92. The van der Waals surface area contributed by atoms with Crippen molar-refractivity contribution in [2.24, 2.45) is 0 Å². The summed E-state index contributed by atoms with van der Waals surface area (Å²) in [6.45, 7) is 7.96. The molecule has 3 heteroatoms. The van der Waals surface area contributed by atoms with Gasteiger partial charge < -0.3 is 0 Å². The number of unbranched alkanes of at least 4 members (excludes halogenated alkanes) is 1. The first-order valence-electron chi connectivity index (χ1n) is 5.22. The zero-order valence-corrected chi connectivity index (χ0v) is 11.3. The summed E-state index contributed by atoms with van der Waals surface area (Å²) in [6.07, 6.45) is 2.59. The van der Waals surface area contributed by atoms with Gasteiger partial charge in [0.05, 0.1) is 3.79 Å². The van der Waals surface area contributed by atoms with Gasteiger partial charge in [0, 0.05) is 11.4 Å². The van der Waals surface area contributed by atoms with Crippen LogP contribution in [0.2, 0.25) is 0 Å². The van der Waals surface area contributed by atoms with Gasteiger partial charge in [-0.3, -0.25) is 4.90 Å². The number of nitrogens with zero attached hydrogens (tertiary/aromatic N) is 1. The van der Waals surface area contributed by atoms with Crippen molar-refractivity contribution in [3.05, 3.63) is 20.8 Å². The highest BCUT2D eigenvalue weighted by Crippen LogP contribution is 2.23. The molecular weight excluding hydrogens is 258 g/mol. The molecule has 0 spiro atoms. The Balaban J connectivity index is 2.40. The van der Waals surface area contributed by atoms with Crippen LogP contribution in [0.5, 0.6) is 0 Å². The molecule has 0 unspecified atom stereocenters. The van der Waals surface area contributed by atoms with Gasteiger partial charge in [0.25, 0.3) is 0 Å². The summed E-state index contributed by atoms with van der Waals surface area (Å²) in [5, 5.41) is 0. The van der Waals surface area contributed by atoms with Gasteiger partial charge in [0.2, 0.25) is 0 Å². The van der Waals surface area contributed by atoms with Crippen molar-refractivity contribution < 1.29 is 0 Å². The molecule has 80 valence electrons. The Kier molecular flexibility index (Phi) is 5.75. The van der Waals surface area contributed by atoms with E-state index in [9.17, 15) is 0 Å². The minimum atomic E-state index is 1.10. The monoisotopic (exact) mass is 275 g/mol. The summed E-state index contributed by atoms with van der Waals surface area (Å²) in [4.78, 5) is 3.96. The Hall–Kier alpha value is 0.140. The van der Waals surface area contributed by atoms with Crippen LogP contribution in [0.15, 0.2) is 15.9 Å². The molecule has 0 saturated carbocycles. The average Bonchev–Trinajstić information content (AvgIpc) is 2.58. The van der Waals surface area contributed by atoms with E-state index in [2.05, 4.69) is 46.8 Å². The van der Waals surface area contributed by atoms with E-state index in [1.807, 2.05) is 11.3 Å². The quantitative estimate of drug-likeness (QED) is 0.755. The lowest BCUT2D eigenvalue weighted by molar-refractivity contribution is 0.278. The van der Waals surface area contributed by atoms with Gasteiger partial charge in [-0.25, -0.2) is 0 Å². The van der Waals surface area contributed by atoms with Crippen LogP contribution in [0.4, 0.5) is 0 Å². The lowest BCUT2D eigenvalue weighted by Gasteiger charge is -2.18. The standard InChI is InChI=1S/C11H18BrNS/c1-3-5-8-13(4-2)9-10-6-7-11(12)14-10/h6-7H,3-5,8-9H2,1-2H3. The third-order valence-corrected chi connectivity index (χ3v) is 3.89. The highest BCUT2D eigenvalue weighted by molar-refractivity contribution is 9.11. The van der Waals surface area contributed by atoms with Crippen molar-refractivity contribution in [3.63, 3.8) is 0 Å². The Morgan fingerprint density at radius 3 is 2.64 bits per heavy atom. The lowest BCUT2D eigenvalue weighted by Crippen LogP contribution is -2.23. The molecule has 1 aromatic rings. The largest absolute Gasteiger partial charge is 0.299 e. The SMILES string of the molecule is CCCCN(CC)Cc1ccc(Br)s1. The van der Waals surface area contributed by atoms with E-state index < -0.39 is 0 Å². The molecule has 0 N–H and O–H groups in total. The molecule has 0 bridgehead atoms. The van der Waals surface area contributed by atoms with Gasteiger partial charge in [0.15, 0.2) is 0 Å². The van der Waals surface area contributed by atoms with Gasteiger partial charge in [-0.05, 0) is 47.6 Å². The predicted octanol–water partition coefficient (Wildman–Crippen LogP) is 4.13. The Labute approximate surface area is 99.3 Å². The summed E-state index contributed by atoms with van der Waals surface area (Å²) < 4.78 is 1.24. The summed E-state index contributed by atoms with van der Waals surface area (Å²) >= 11 is 5.34. The van der Waals surface area contributed by atoms with Gasteiger partial charge in [0.1, 0.15) is 0 Å². The molecule has 1 rings (SSSR count). The van der Waals surface area contributed by atoms with Gasteiger partial charge in [-0.2, -0.15) is 0 Å². The van der Waals surface area contributed by atoms with Crippen LogP contribution in [0.25, 0.3) is 0 Å². The maximum Gasteiger partial charge on any atom is 0.0701 e. The molecule has 0 aliphatic heterocycles. The van der Waals surface area contributed by atoms with Crippen LogP contribution in [0, 0.1) is 0 Å². The maximum absolute atomic E-state index is 3.50. The highest BCUT2D eigenvalue weighted by atomic mass is 79.9. The first-order valence-corrected chi connectivity index (χ1v) is 6.83. The molecule has 0 amide bonds. The van der Waals surface area contributed by atoms with Crippen molar-refractivity contribution in [3.8, 4) is 0 Å². The van der Waals surface area contributed by atoms with Crippen molar-refractivity contribution in [1.29, 1.82) is 0 Å². The van der Waals surface area contributed by atoms with E-state index in [1.165, 1.54) is 28.0 Å². The molecule has 0 aliphatic rings. The Morgan fingerprint density at radius 2 is 2.14 bits per heavy atom. The van der Waals surface area contributed by atoms with Crippen LogP contribution in [0.3, 0.4) is 0 Å². The highest BCUT2D eigenvalue weighted by Gasteiger charge is 2.04. The summed E-state index contributed by atoms with van der Waals surface area (Å²) in [5.41, 5.74) is 0. The fourth-order valence-corrected chi connectivity index (χ4v) is 2.91. The van der Waals surface area contributed by atoms with E-state index in [1.54, 1.807) is 0 Å². The lowest BCUT2D eigenvalue weighted by atomic mass is 10.3. The third kappa shape index (κ3) is 4.11. The Morgan fingerprint density at radius 1 is 1.36 bits per heavy atom.